The Hall–Kier alpha value is -0.450. The lowest BCUT2D eigenvalue weighted by molar-refractivity contribution is -0.00220. The van der Waals surface area contributed by atoms with Crippen LogP contribution < -0.4 is 5.73 Å². The van der Waals surface area contributed by atoms with Crippen molar-refractivity contribution in [3.63, 3.8) is 0 Å². The van der Waals surface area contributed by atoms with Crippen LogP contribution in [0.25, 0.3) is 0 Å². The van der Waals surface area contributed by atoms with Crippen LogP contribution in [0, 0.1) is 0 Å². The summed E-state index contributed by atoms with van der Waals surface area (Å²) in [5.41, 5.74) is 7.20. The molecule has 1 fully saturated rings. The number of rotatable bonds is 1. The van der Waals surface area contributed by atoms with Crippen molar-refractivity contribution in [3.8, 4) is 0 Å². The molecule has 3 nitrogen and oxygen atoms in total. The first-order valence-electron chi connectivity index (χ1n) is 5.81. The molecular weight excluding hydrogens is 220 g/mol. The number of thiazole rings is 1. The second-order valence-electron chi connectivity index (χ2n) is 5.42. The van der Waals surface area contributed by atoms with E-state index in [2.05, 4.69) is 31.1 Å². The van der Waals surface area contributed by atoms with Crippen molar-refractivity contribution in [2.45, 2.75) is 51.2 Å². The molecule has 0 aliphatic carbocycles. The summed E-state index contributed by atoms with van der Waals surface area (Å²) in [7, 11) is 0. The molecule has 0 amide bonds. The first-order chi connectivity index (χ1) is 7.48. The minimum Gasteiger partial charge on any atom is -0.370 e. The average Bonchev–Trinajstić information content (AvgIpc) is 2.66. The SMILES string of the molecule is CC(C)(C)c1nc(C2OCCCC2N)cs1. The molecule has 0 radical (unpaired) electrons. The van der Waals surface area contributed by atoms with Gasteiger partial charge in [-0.15, -0.1) is 11.3 Å². The van der Waals surface area contributed by atoms with Crippen LogP contribution in [-0.2, 0) is 10.2 Å². The van der Waals surface area contributed by atoms with Gasteiger partial charge in [0.2, 0.25) is 0 Å². The van der Waals surface area contributed by atoms with E-state index in [0.717, 1.165) is 30.2 Å². The molecule has 4 heteroatoms. The molecule has 2 rings (SSSR count). The fraction of sp³-hybridized carbons (Fsp3) is 0.750. The lowest BCUT2D eigenvalue weighted by atomic mass is 9.97. The molecule has 2 N–H and O–H groups in total. The van der Waals surface area contributed by atoms with Gasteiger partial charge in [-0.3, -0.25) is 0 Å². The molecule has 2 unspecified atom stereocenters. The van der Waals surface area contributed by atoms with Crippen molar-refractivity contribution in [3.05, 3.63) is 16.1 Å². The summed E-state index contributed by atoms with van der Waals surface area (Å²) < 4.78 is 5.72. The lowest BCUT2D eigenvalue weighted by Gasteiger charge is -2.27. The van der Waals surface area contributed by atoms with E-state index in [9.17, 15) is 0 Å². The van der Waals surface area contributed by atoms with E-state index in [1.165, 1.54) is 0 Å². The predicted molar refractivity (Wildman–Crippen MR) is 66.7 cm³/mol. The molecule has 1 aromatic rings. The summed E-state index contributed by atoms with van der Waals surface area (Å²) in [5, 5.41) is 3.25. The smallest absolute Gasteiger partial charge is 0.115 e. The van der Waals surface area contributed by atoms with E-state index in [1.54, 1.807) is 11.3 Å². The van der Waals surface area contributed by atoms with Crippen molar-refractivity contribution in [1.29, 1.82) is 0 Å². The van der Waals surface area contributed by atoms with Gasteiger partial charge in [0.25, 0.3) is 0 Å². The second kappa shape index (κ2) is 4.43. The second-order valence-corrected chi connectivity index (χ2v) is 6.28. The molecule has 1 aliphatic heterocycles. The van der Waals surface area contributed by atoms with Crippen LogP contribution in [0.1, 0.15) is 50.4 Å². The predicted octanol–water partition coefficient (Wildman–Crippen LogP) is 2.62. The number of nitrogens with two attached hydrogens (primary N) is 1. The highest BCUT2D eigenvalue weighted by Gasteiger charge is 2.28. The van der Waals surface area contributed by atoms with Crippen LogP contribution in [-0.4, -0.2) is 17.6 Å². The first-order valence-corrected chi connectivity index (χ1v) is 6.69. The van der Waals surface area contributed by atoms with Crippen molar-refractivity contribution in [1.82, 2.24) is 4.98 Å². The molecule has 1 saturated heterocycles. The molecule has 0 aromatic carbocycles. The Balaban J connectivity index is 2.18. The molecule has 90 valence electrons. The lowest BCUT2D eigenvalue weighted by Crippen LogP contribution is -2.34. The largest absolute Gasteiger partial charge is 0.370 e. The maximum atomic E-state index is 6.07. The third-order valence-electron chi connectivity index (χ3n) is 2.82. The summed E-state index contributed by atoms with van der Waals surface area (Å²) in [5.74, 6) is 0. The van der Waals surface area contributed by atoms with Gasteiger partial charge in [0.05, 0.1) is 10.7 Å². The van der Waals surface area contributed by atoms with Crippen LogP contribution in [0.3, 0.4) is 0 Å². The highest BCUT2D eigenvalue weighted by atomic mass is 32.1. The van der Waals surface area contributed by atoms with E-state index in [4.69, 9.17) is 10.5 Å². The van der Waals surface area contributed by atoms with Gasteiger partial charge < -0.3 is 10.5 Å². The van der Waals surface area contributed by atoms with Crippen LogP contribution in [0.2, 0.25) is 0 Å². The van der Waals surface area contributed by atoms with E-state index in [-0.39, 0.29) is 17.6 Å². The first kappa shape index (κ1) is 12.0. The minimum atomic E-state index is 0.00102. The Bertz CT molecular complexity index is 356. The fourth-order valence-corrected chi connectivity index (χ4v) is 2.80. The van der Waals surface area contributed by atoms with Crippen molar-refractivity contribution in [2.75, 3.05) is 6.61 Å². The summed E-state index contributed by atoms with van der Waals surface area (Å²) >= 11 is 1.71. The van der Waals surface area contributed by atoms with Crippen LogP contribution in [0.4, 0.5) is 0 Å². The van der Waals surface area contributed by atoms with E-state index >= 15 is 0 Å². The van der Waals surface area contributed by atoms with Crippen LogP contribution in [0.15, 0.2) is 5.38 Å². The van der Waals surface area contributed by atoms with E-state index in [0.29, 0.717) is 0 Å². The van der Waals surface area contributed by atoms with Crippen LogP contribution >= 0.6 is 11.3 Å². The summed E-state index contributed by atoms with van der Waals surface area (Å²) in [6.07, 6.45) is 2.10. The average molecular weight is 240 g/mol. The zero-order chi connectivity index (χ0) is 11.8. The quantitative estimate of drug-likeness (QED) is 0.821. The highest BCUT2D eigenvalue weighted by molar-refractivity contribution is 7.09. The molecule has 2 atom stereocenters. The third-order valence-corrected chi connectivity index (χ3v) is 4.11. The van der Waals surface area contributed by atoms with E-state index in [1.807, 2.05) is 0 Å². The topological polar surface area (TPSA) is 48.1 Å². The van der Waals surface area contributed by atoms with Gasteiger partial charge in [-0.25, -0.2) is 4.98 Å². The van der Waals surface area contributed by atoms with Crippen LogP contribution in [0.5, 0.6) is 0 Å². The van der Waals surface area contributed by atoms with Gasteiger partial charge in [-0.2, -0.15) is 0 Å². The number of hydrogen-bond donors (Lipinski definition) is 1. The van der Waals surface area contributed by atoms with Crippen molar-refractivity contribution < 1.29 is 4.74 Å². The monoisotopic (exact) mass is 240 g/mol. The van der Waals surface area contributed by atoms with Gasteiger partial charge in [-0.1, -0.05) is 20.8 Å². The van der Waals surface area contributed by atoms with Crippen molar-refractivity contribution >= 4 is 11.3 Å². The number of hydrogen-bond acceptors (Lipinski definition) is 4. The summed E-state index contributed by atoms with van der Waals surface area (Å²) in [4.78, 5) is 4.67. The Kier molecular flexibility index (Phi) is 3.33. The molecule has 2 heterocycles. The van der Waals surface area contributed by atoms with Gasteiger partial charge in [0.15, 0.2) is 0 Å². The molecule has 16 heavy (non-hydrogen) atoms. The Morgan fingerprint density at radius 1 is 1.50 bits per heavy atom. The van der Waals surface area contributed by atoms with Crippen molar-refractivity contribution in [2.24, 2.45) is 5.73 Å². The standard InChI is InChI=1S/C12H20N2OS/c1-12(2,3)11-14-9(7-16-11)10-8(13)5-4-6-15-10/h7-8,10H,4-6,13H2,1-3H3. The maximum Gasteiger partial charge on any atom is 0.115 e. The summed E-state index contributed by atoms with van der Waals surface area (Å²) in [6, 6.07) is 0.101. The zero-order valence-corrected chi connectivity index (χ0v) is 11.0. The normalized spacial score (nSPS) is 27.0. The molecule has 0 bridgehead atoms. The number of nitrogens with zero attached hydrogens (tertiary/aromatic N) is 1. The molecule has 0 saturated carbocycles. The Labute approximate surface area is 101 Å². The third kappa shape index (κ3) is 2.44. The fourth-order valence-electron chi connectivity index (χ4n) is 1.87. The van der Waals surface area contributed by atoms with Gasteiger partial charge in [0, 0.05) is 23.4 Å². The molecule has 1 aromatic heterocycles. The molecule has 0 spiro atoms. The Morgan fingerprint density at radius 3 is 2.81 bits per heavy atom. The highest BCUT2D eigenvalue weighted by Crippen LogP contribution is 2.32. The van der Waals surface area contributed by atoms with E-state index < -0.39 is 0 Å². The Morgan fingerprint density at radius 2 is 2.25 bits per heavy atom. The zero-order valence-electron chi connectivity index (χ0n) is 10.2. The minimum absolute atomic E-state index is 0.00102. The molecular formula is C12H20N2OS. The van der Waals surface area contributed by atoms with Gasteiger partial charge in [0.1, 0.15) is 6.10 Å². The maximum absolute atomic E-state index is 6.07. The molecule has 1 aliphatic rings. The van der Waals surface area contributed by atoms with Gasteiger partial charge in [-0.05, 0) is 12.8 Å². The van der Waals surface area contributed by atoms with Gasteiger partial charge >= 0.3 is 0 Å². The number of aromatic nitrogens is 1. The number of ether oxygens (including phenoxy) is 1. The summed E-state index contributed by atoms with van der Waals surface area (Å²) in [6.45, 7) is 7.34.